The number of carbonyl (C=O) groups is 2. The van der Waals surface area contributed by atoms with Crippen LogP contribution in [0.1, 0.15) is 12.5 Å². The summed E-state index contributed by atoms with van der Waals surface area (Å²) in [6.07, 6.45) is 0.698. The van der Waals surface area contributed by atoms with Gasteiger partial charge in [-0.05, 0) is 42.3 Å². The Balaban J connectivity index is 1.48. The van der Waals surface area contributed by atoms with E-state index in [1.54, 1.807) is 14.2 Å². The number of fused-ring (bicyclic) bond motifs is 1. The molecule has 3 rings (SSSR count). The van der Waals surface area contributed by atoms with Crippen molar-refractivity contribution in [3.05, 3.63) is 42.0 Å². The normalized spacial score (nSPS) is 10.6. The van der Waals surface area contributed by atoms with E-state index in [-0.39, 0.29) is 11.8 Å². The lowest BCUT2D eigenvalue weighted by Crippen LogP contribution is -2.27. The van der Waals surface area contributed by atoms with E-state index in [0.29, 0.717) is 30.2 Å². The first-order chi connectivity index (χ1) is 14.5. The van der Waals surface area contributed by atoms with Gasteiger partial charge in [0.2, 0.25) is 11.8 Å². The second-order valence-corrected chi connectivity index (χ2v) is 8.67. The van der Waals surface area contributed by atoms with Crippen molar-refractivity contribution in [1.29, 1.82) is 0 Å². The Bertz CT molecular complexity index is 1050. The molecule has 2 aromatic carbocycles. The molecule has 2 amide bonds. The number of aromatic nitrogens is 1. The summed E-state index contributed by atoms with van der Waals surface area (Å²) in [5.74, 6) is 1.50. The average Bonchev–Trinajstić information content (AvgIpc) is 3.14. The molecule has 1 aromatic heterocycles. The van der Waals surface area contributed by atoms with Gasteiger partial charge >= 0.3 is 0 Å². The first-order valence-electron chi connectivity index (χ1n) is 9.27. The van der Waals surface area contributed by atoms with Gasteiger partial charge in [-0.3, -0.25) is 9.59 Å². The van der Waals surface area contributed by atoms with Crippen LogP contribution in [0.15, 0.2) is 40.7 Å². The number of thioether (sulfide) groups is 1. The SMILES string of the molecule is COc1ccc(CCNC(=O)CSc2nc3ccc(NC(C)=O)cc3s2)cc1OC. The van der Waals surface area contributed by atoms with Crippen LogP contribution in [0.4, 0.5) is 5.69 Å². The number of methoxy groups -OCH3 is 2. The Kier molecular flexibility index (Phi) is 7.53. The lowest BCUT2D eigenvalue weighted by Gasteiger charge is -2.10. The number of amides is 2. The molecule has 0 atom stereocenters. The van der Waals surface area contributed by atoms with Gasteiger partial charge in [0.1, 0.15) is 0 Å². The van der Waals surface area contributed by atoms with Gasteiger partial charge < -0.3 is 20.1 Å². The van der Waals surface area contributed by atoms with Crippen LogP contribution in [0.25, 0.3) is 10.2 Å². The molecule has 0 aliphatic rings. The molecule has 0 unspecified atom stereocenters. The molecule has 0 saturated heterocycles. The van der Waals surface area contributed by atoms with Crippen LogP contribution in [0.2, 0.25) is 0 Å². The molecule has 0 aliphatic carbocycles. The third-order valence-electron chi connectivity index (χ3n) is 4.20. The van der Waals surface area contributed by atoms with Crippen LogP contribution < -0.4 is 20.1 Å². The molecule has 3 aromatic rings. The topological polar surface area (TPSA) is 89.5 Å². The van der Waals surface area contributed by atoms with Crippen LogP contribution in [-0.2, 0) is 16.0 Å². The number of rotatable bonds is 9. The maximum atomic E-state index is 12.2. The first-order valence-corrected chi connectivity index (χ1v) is 11.1. The van der Waals surface area contributed by atoms with Crippen molar-refractivity contribution >= 4 is 50.8 Å². The van der Waals surface area contributed by atoms with Crippen molar-refractivity contribution in [3.8, 4) is 11.5 Å². The third kappa shape index (κ3) is 5.87. The van der Waals surface area contributed by atoms with Crippen molar-refractivity contribution in [3.63, 3.8) is 0 Å². The number of hydrogen-bond acceptors (Lipinski definition) is 7. The quantitative estimate of drug-likeness (QED) is 0.488. The number of hydrogen-bond donors (Lipinski definition) is 2. The second-order valence-electron chi connectivity index (χ2n) is 6.42. The van der Waals surface area contributed by atoms with E-state index in [1.165, 1.54) is 30.0 Å². The summed E-state index contributed by atoms with van der Waals surface area (Å²) in [5.41, 5.74) is 2.65. The Morgan fingerprint density at radius 3 is 2.63 bits per heavy atom. The van der Waals surface area contributed by atoms with Gasteiger partial charge in [-0.2, -0.15) is 0 Å². The number of benzene rings is 2. The zero-order valence-corrected chi connectivity index (χ0v) is 18.6. The van der Waals surface area contributed by atoms with E-state index in [1.807, 2.05) is 36.4 Å². The van der Waals surface area contributed by atoms with Crippen LogP contribution in [0.3, 0.4) is 0 Å². The van der Waals surface area contributed by atoms with Gasteiger partial charge in [-0.1, -0.05) is 17.8 Å². The van der Waals surface area contributed by atoms with Crippen LogP contribution in [-0.4, -0.2) is 43.3 Å². The molecule has 0 bridgehead atoms. The van der Waals surface area contributed by atoms with Crippen molar-refractivity contribution in [2.75, 3.05) is 31.8 Å². The number of thiazole rings is 1. The number of nitrogens with one attached hydrogen (secondary N) is 2. The minimum absolute atomic E-state index is 0.0429. The van der Waals surface area contributed by atoms with Crippen LogP contribution in [0.5, 0.6) is 11.5 Å². The monoisotopic (exact) mass is 445 g/mol. The molecule has 0 fully saturated rings. The van der Waals surface area contributed by atoms with E-state index in [9.17, 15) is 9.59 Å². The van der Waals surface area contributed by atoms with Crippen molar-refractivity contribution < 1.29 is 19.1 Å². The highest BCUT2D eigenvalue weighted by atomic mass is 32.2. The van der Waals surface area contributed by atoms with Gasteiger partial charge in [0.25, 0.3) is 0 Å². The summed E-state index contributed by atoms with van der Waals surface area (Å²) in [4.78, 5) is 27.9. The molecule has 0 spiro atoms. The van der Waals surface area contributed by atoms with Crippen molar-refractivity contribution in [2.45, 2.75) is 17.7 Å². The predicted octanol–water partition coefficient (Wildman–Crippen LogP) is 3.72. The fraction of sp³-hybridized carbons (Fsp3) is 0.286. The summed E-state index contributed by atoms with van der Waals surface area (Å²) in [7, 11) is 3.20. The summed E-state index contributed by atoms with van der Waals surface area (Å²) in [6, 6.07) is 11.3. The third-order valence-corrected chi connectivity index (χ3v) is 6.36. The first kappa shape index (κ1) is 21.9. The zero-order valence-electron chi connectivity index (χ0n) is 17.0. The number of carbonyl (C=O) groups excluding carboxylic acids is 2. The molecule has 2 N–H and O–H groups in total. The lowest BCUT2D eigenvalue weighted by atomic mass is 10.1. The largest absolute Gasteiger partial charge is 0.493 e. The number of anilines is 1. The molecular formula is C21H23N3O4S2. The van der Waals surface area contributed by atoms with Gasteiger partial charge in [-0.15, -0.1) is 11.3 Å². The molecule has 0 aliphatic heterocycles. The Hall–Kier alpha value is -2.78. The zero-order chi connectivity index (χ0) is 21.5. The Labute approximate surface area is 183 Å². The summed E-state index contributed by atoms with van der Waals surface area (Å²) >= 11 is 2.91. The minimum atomic E-state index is -0.113. The summed E-state index contributed by atoms with van der Waals surface area (Å²) in [6.45, 7) is 2.01. The summed E-state index contributed by atoms with van der Waals surface area (Å²) in [5, 5.41) is 5.69. The van der Waals surface area contributed by atoms with Crippen molar-refractivity contribution in [1.82, 2.24) is 10.3 Å². The highest BCUT2D eigenvalue weighted by Crippen LogP contribution is 2.31. The molecule has 7 nitrogen and oxygen atoms in total. The second kappa shape index (κ2) is 10.3. The molecule has 0 saturated carbocycles. The number of nitrogens with zero attached hydrogens (tertiary/aromatic N) is 1. The average molecular weight is 446 g/mol. The smallest absolute Gasteiger partial charge is 0.230 e. The Morgan fingerprint density at radius 1 is 1.10 bits per heavy atom. The van der Waals surface area contributed by atoms with Crippen LogP contribution >= 0.6 is 23.1 Å². The molecular weight excluding hydrogens is 422 g/mol. The molecule has 158 valence electrons. The summed E-state index contributed by atoms with van der Waals surface area (Å²) < 4.78 is 12.3. The number of ether oxygens (including phenoxy) is 2. The van der Waals surface area contributed by atoms with Gasteiger partial charge in [0, 0.05) is 19.2 Å². The maximum absolute atomic E-state index is 12.2. The lowest BCUT2D eigenvalue weighted by molar-refractivity contribution is -0.118. The fourth-order valence-corrected chi connectivity index (χ4v) is 4.74. The Morgan fingerprint density at radius 2 is 1.90 bits per heavy atom. The maximum Gasteiger partial charge on any atom is 0.230 e. The molecule has 30 heavy (non-hydrogen) atoms. The van der Waals surface area contributed by atoms with E-state index in [2.05, 4.69) is 15.6 Å². The molecule has 1 heterocycles. The standard InChI is InChI=1S/C21H23N3O4S2/c1-13(25)23-15-5-6-16-19(11-15)30-21(24-16)29-12-20(26)22-9-8-14-4-7-17(27-2)18(10-14)28-3/h4-7,10-11H,8-9,12H2,1-3H3,(H,22,26)(H,23,25). The van der Waals surface area contributed by atoms with E-state index < -0.39 is 0 Å². The van der Waals surface area contributed by atoms with E-state index in [0.717, 1.165) is 25.8 Å². The fourth-order valence-electron chi connectivity index (χ4n) is 2.81. The van der Waals surface area contributed by atoms with Gasteiger partial charge in [0.15, 0.2) is 15.8 Å². The van der Waals surface area contributed by atoms with Gasteiger partial charge in [-0.25, -0.2) is 4.98 Å². The molecule has 9 heteroatoms. The van der Waals surface area contributed by atoms with Gasteiger partial charge in [0.05, 0.1) is 30.2 Å². The highest BCUT2D eigenvalue weighted by Gasteiger charge is 2.09. The minimum Gasteiger partial charge on any atom is -0.493 e. The highest BCUT2D eigenvalue weighted by molar-refractivity contribution is 8.01. The van der Waals surface area contributed by atoms with Crippen molar-refractivity contribution in [2.24, 2.45) is 0 Å². The van der Waals surface area contributed by atoms with E-state index in [4.69, 9.17) is 9.47 Å². The molecule has 0 radical (unpaired) electrons. The van der Waals surface area contributed by atoms with E-state index >= 15 is 0 Å². The van der Waals surface area contributed by atoms with Crippen LogP contribution in [0, 0.1) is 0 Å². The predicted molar refractivity (Wildman–Crippen MR) is 121 cm³/mol.